The van der Waals surface area contributed by atoms with Crippen LogP contribution in [-0.4, -0.2) is 51.0 Å². The number of nitrogens with one attached hydrogen (secondary N) is 2. The molecule has 2 amide bonds. The van der Waals surface area contributed by atoms with Crippen LogP contribution in [0.2, 0.25) is 0 Å². The minimum absolute atomic E-state index is 0.0801. The van der Waals surface area contributed by atoms with Gasteiger partial charge in [-0.25, -0.2) is 9.18 Å². The summed E-state index contributed by atoms with van der Waals surface area (Å²) in [5.74, 6) is -0.337. The molecule has 0 aliphatic carbocycles. The van der Waals surface area contributed by atoms with E-state index < -0.39 is 6.10 Å². The number of carbonyl (C=O) groups is 1. The Balaban J connectivity index is 1.27. The summed E-state index contributed by atoms with van der Waals surface area (Å²) >= 11 is 0. The number of hydrogen-bond acceptors (Lipinski definition) is 5. The van der Waals surface area contributed by atoms with Gasteiger partial charge in [-0.1, -0.05) is 35.5 Å². The van der Waals surface area contributed by atoms with E-state index in [0.717, 1.165) is 6.42 Å². The third-order valence-electron chi connectivity index (χ3n) is 5.51. The molecule has 0 unspecified atom stereocenters. The van der Waals surface area contributed by atoms with Crippen LogP contribution in [0.5, 0.6) is 0 Å². The summed E-state index contributed by atoms with van der Waals surface area (Å²) in [4.78, 5) is 12.3. The van der Waals surface area contributed by atoms with Crippen LogP contribution in [0.4, 0.5) is 14.9 Å². The van der Waals surface area contributed by atoms with Gasteiger partial charge in [-0.2, -0.15) is 0 Å². The van der Waals surface area contributed by atoms with E-state index in [0.29, 0.717) is 36.3 Å². The molecule has 9 heteroatoms. The third-order valence-corrected chi connectivity index (χ3v) is 5.51. The maximum atomic E-state index is 13.9. The first-order valence-electron chi connectivity index (χ1n) is 10.7. The van der Waals surface area contributed by atoms with Crippen molar-refractivity contribution in [1.29, 1.82) is 0 Å². The molecule has 0 radical (unpaired) electrons. The van der Waals surface area contributed by atoms with E-state index in [1.165, 1.54) is 6.07 Å². The Morgan fingerprint density at radius 3 is 2.72 bits per heavy atom. The minimum atomic E-state index is -0.486. The van der Waals surface area contributed by atoms with Crippen molar-refractivity contribution in [1.82, 2.24) is 20.3 Å². The number of aryl methyl sites for hydroxylation is 1. The molecule has 0 saturated carbocycles. The molecule has 0 spiro atoms. The summed E-state index contributed by atoms with van der Waals surface area (Å²) in [6, 6.07) is 15.0. The Hall–Kier alpha value is -3.30. The molecular formula is C23H26FN5O3. The molecular weight excluding hydrogens is 413 g/mol. The number of halogens is 1. The van der Waals surface area contributed by atoms with Gasteiger partial charge in [0.1, 0.15) is 17.6 Å². The Morgan fingerprint density at radius 1 is 1.16 bits per heavy atom. The van der Waals surface area contributed by atoms with Crippen LogP contribution in [0.1, 0.15) is 19.3 Å². The Bertz CT molecular complexity index is 1030. The van der Waals surface area contributed by atoms with E-state index in [2.05, 4.69) is 20.9 Å². The normalized spacial score (nSPS) is 20.6. The number of aromatic nitrogens is 3. The number of para-hydroxylation sites is 1. The average Bonchev–Trinajstić information content (AvgIpc) is 3.28. The summed E-state index contributed by atoms with van der Waals surface area (Å²) in [6.07, 6.45) is 3.24. The van der Waals surface area contributed by atoms with E-state index >= 15 is 0 Å². The summed E-state index contributed by atoms with van der Waals surface area (Å²) in [7, 11) is 0. The largest absolute Gasteiger partial charge is 0.394 e. The highest BCUT2D eigenvalue weighted by atomic mass is 19.1. The van der Waals surface area contributed by atoms with Gasteiger partial charge in [0.25, 0.3) is 0 Å². The summed E-state index contributed by atoms with van der Waals surface area (Å²) < 4.78 is 21.6. The van der Waals surface area contributed by atoms with Crippen LogP contribution >= 0.6 is 0 Å². The Labute approximate surface area is 185 Å². The van der Waals surface area contributed by atoms with Gasteiger partial charge in [0, 0.05) is 17.8 Å². The molecule has 3 atom stereocenters. The maximum absolute atomic E-state index is 13.9. The van der Waals surface area contributed by atoms with Crippen LogP contribution < -0.4 is 10.6 Å². The summed E-state index contributed by atoms with van der Waals surface area (Å²) in [5, 5.41) is 23.6. The average molecular weight is 439 g/mol. The van der Waals surface area contributed by atoms with Crippen molar-refractivity contribution in [2.75, 3.05) is 11.9 Å². The lowest BCUT2D eigenvalue weighted by Gasteiger charge is -2.36. The zero-order chi connectivity index (χ0) is 22.3. The number of hydrogen-bond donors (Lipinski definition) is 3. The number of nitrogens with zero attached hydrogens (tertiary/aromatic N) is 3. The lowest BCUT2D eigenvalue weighted by molar-refractivity contribution is -0.0905. The monoisotopic (exact) mass is 439 g/mol. The van der Waals surface area contributed by atoms with Crippen molar-refractivity contribution >= 4 is 11.7 Å². The van der Waals surface area contributed by atoms with E-state index in [1.54, 1.807) is 41.2 Å². The minimum Gasteiger partial charge on any atom is -0.394 e. The highest BCUT2D eigenvalue weighted by Crippen LogP contribution is 2.23. The molecule has 1 fully saturated rings. The zero-order valence-corrected chi connectivity index (χ0v) is 17.5. The van der Waals surface area contributed by atoms with Gasteiger partial charge in [0.15, 0.2) is 0 Å². The number of anilines is 1. The van der Waals surface area contributed by atoms with Crippen LogP contribution in [0, 0.1) is 5.82 Å². The fourth-order valence-electron chi connectivity index (χ4n) is 3.84. The highest BCUT2D eigenvalue weighted by molar-refractivity contribution is 5.89. The number of amides is 2. The lowest BCUT2D eigenvalue weighted by atomic mass is 9.97. The molecule has 1 saturated heterocycles. The van der Waals surface area contributed by atoms with Gasteiger partial charge >= 0.3 is 6.03 Å². The van der Waals surface area contributed by atoms with E-state index in [-0.39, 0.29) is 30.6 Å². The molecule has 32 heavy (non-hydrogen) atoms. The van der Waals surface area contributed by atoms with Crippen molar-refractivity contribution < 1.29 is 19.0 Å². The molecule has 0 bridgehead atoms. The van der Waals surface area contributed by atoms with Crippen molar-refractivity contribution in [3.05, 3.63) is 66.6 Å². The number of benzene rings is 2. The van der Waals surface area contributed by atoms with Gasteiger partial charge < -0.3 is 20.5 Å². The quantitative estimate of drug-likeness (QED) is 0.525. The number of rotatable bonds is 7. The maximum Gasteiger partial charge on any atom is 0.319 e. The number of carbonyl (C=O) groups excluding carboxylic acids is 1. The molecule has 1 aromatic heterocycles. The highest BCUT2D eigenvalue weighted by Gasteiger charge is 2.31. The van der Waals surface area contributed by atoms with Gasteiger partial charge in [-0.15, -0.1) is 5.10 Å². The summed E-state index contributed by atoms with van der Waals surface area (Å²) in [5.41, 5.74) is 1.59. The van der Waals surface area contributed by atoms with Gasteiger partial charge in [0.2, 0.25) is 0 Å². The van der Waals surface area contributed by atoms with E-state index in [4.69, 9.17) is 4.74 Å². The van der Waals surface area contributed by atoms with Crippen LogP contribution in [-0.2, 0) is 11.3 Å². The van der Waals surface area contributed by atoms with Crippen LogP contribution in [0.25, 0.3) is 11.3 Å². The second kappa shape index (κ2) is 10.3. The van der Waals surface area contributed by atoms with E-state index in [9.17, 15) is 14.3 Å². The molecule has 2 heterocycles. The number of ether oxygens (including phenoxy) is 1. The number of urea groups is 1. The van der Waals surface area contributed by atoms with Gasteiger partial charge in [0.05, 0.1) is 24.9 Å². The molecule has 168 valence electrons. The second-order valence-corrected chi connectivity index (χ2v) is 7.76. The SMILES string of the molecule is O=C(Nc1ccccc1)N[C@H]1CC[C@@H](CCn2cc(-c3ccccc3F)nn2)O[C@H]1CO. The predicted octanol–water partition coefficient (Wildman–Crippen LogP) is 3.20. The third kappa shape index (κ3) is 5.49. The van der Waals surface area contributed by atoms with E-state index in [1.807, 2.05) is 18.2 Å². The van der Waals surface area contributed by atoms with Crippen molar-refractivity contribution in [2.24, 2.45) is 0 Å². The number of aliphatic hydroxyl groups excluding tert-OH is 1. The smallest absolute Gasteiger partial charge is 0.319 e. The van der Waals surface area contributed by atoms with Crippen molar-refractivity contribution in [2.45, 2.75) is 44.1 Å². The fraction of sp³-hybridized carbons (Fsp3) is 0.348. The molecule has 4 rings (SSSR count). The zero-order valence-electron chi connectivity index (χ0n) is 17.5. The molecule has 3 N–H and O–H groups in total. The summed E-state index contributed by atoms with van der Waals surface area (Å²) in [6.45, 7) is 0.365. The first-order chi connectivity index (χ1) is 15.6. The van der Waals surface area contributed by atoms with Gasteiger partial charge in [-0.05, 0) is 43.5 Å². The molecule has 8 nitrogen and oxygen atoms in total. The second-order valence-electron chi connectivity index (χ2n) is 7.76. The first-order valence-corrected chi connectivity index (χ1v) is 10.7. The topological polar surface area (TPSA) is 101 Å². The van der Waals surface area contributed by atoms with Crippen molar-refractivity contribution in [3.8, 4) is 11.3 Å². The molecule has 1 aliphatic rings. The molecule has 1 aliphatic heterocycles. The molecule has 3 aromatic rings. The fourth-order valence-corrected chi connectivity index (χ4v) is 3.84. The van der Waals surface area contributed by atoms with Crippen molar-refractivity contribution in [3.63, 3.8) is 0 Å². The lowest BCUT2D eigenvalue weighted by Crippen LogP contribution is -2.52. The van der Waals surface area contributed by atoms with Gasteiger partial charge in [-0.3, -0.25) is 4.68 Å². The Kier molecular flexibility index (Phi) is 7.08. The number of aliphatic hydroxyl groups is 1. The predicted molar refractivity (Wildman–Crippen MR) is 117 cm³/mol. The van der Waals surface area contributed by atoms with Crippen LogP contribution in [0.3, 0.4) is 0 Å². The van der Waals surface area contributed by atoms with Crippen LogP contribution in [0.15, 0.2) is 60.8 Å². The first kappa shape index (κ1) is 21.9. The Morgan fingerprint density at radius 2 is 1.94 bits per heavy atom. The molecule has 2 aromatic carbocycles. The standard InChI is InChI=1S/C23H26FN5O3/c24-19-9-5-4-8-18(19)21-14-29(28-27-21)13-12-17-10-11-20(22(15-30)32-17)26-23(31)25-16-6-2-1-3-7-16/h1-9,14,17,20,22,30H,10-13,15H2,(H2,25,26,31)/t17-,20-,22-/m0/s1.